The van der Waals surface area contributed by atoms with Gasteiger partial charge in [0.2, 0.25) is 11.8 Å². The summed E-state index contributed by atoms with van der Waals surface area (Å²) in [6, 6.07) is -0.447. The molecule has 1 aliphatic rings. The number of carboxylic acids is 1. The van der Waals surface area contributed by atoms with Gasteiger partial charge in [-0.3, -0.25) is 14.4 Å². The summed E-state index contributed by atoms with van der Waals surface area (Å²) in [5, 5.41) is 9.01. The Balaban J connectivity index is 2.93. The minimum absolute atomic E-state index is 0.0214. The van der Waals surface area contributed by atoms with Crippen molar-refractivity contribution in [2.24, 2.45) is 17.6 Å². The number of nitrogens with two attached hydrogens (primary N) is 1. The highest BCUT2D eigenvalue weighted by molar-refractivity contribution is 5.90. The predicted octanol–water partition coefficient (Wildman–Crippen LogP) is -0.571. The molecule has 0 aromatic carbocycles. The zero-order valence-electron chi connectivity index (χ0n) is 9.34. The van der Waals surface area contributed by atoms with E-state index in [9.17, 15) is 14.4 Å². The largest absolute Gasteiger partial charge is 0.481 e. The zero-order chi connectivity index (χ0) is 12.5. The van der Waals surface area contributed by atoms with Crippen molar-refractivity contribution >= 4 is 17.8 Å². The third kappa shape index (κ3) is 2.32. The van der Waals surface area contributed by atoms with Crippen molar-refractivity contribution in [3.05, 3.63) is 0 Å². The lowest BCUT2D eigenvalue weighted by Gasteiger charge is -2.28. The molecule has 1 aliphatic heterocycles. The molecule has 0 aromatic rings. The SMILES string of the molecule is CC(C)[C@@H]1[C@@H](C(=O)O)CC(=O)N1CC(N)=O. The molecule has 1 heterocycles. The average Bonchev–Trinajstić information content (AvgIpc) is 2.43. The quantitative estimate of drug-likeness (QED) is 0.672. The molecule has 2 atom stereocenters. The lowest BCUT2D eigenvalue weighted by molar-refractivity contribution is -0.143. The maximum atomic E-state index is 11.6. The lowest BCUT2D eigenvalue weighted by atomic mass is 9.91. The number of nitrogens with zero attached hydrogens (tertiary/aromatic N) is 1. The minimum Gasteiger partial charge on any atom is -0.481 e. The van der Waals surface area contributed by atoms with Crippen LogP contribution in [-0.2, 0) is 14.4 Å². The second kappa shape index (κ2) is 4.51. The van der Waals surface area contributed by atoms with Crippen LogP contribution in [0.5, 0.6) is 0 Å². The molecule has 3 N–H and O–H groups in total. The Labute approximate surface area is 93.4 Å². The summed E-state index contributed by atoms with van der Waals surface area (Å²) in [6.45, 7) is 3.45. The van der Waals surface area contributed by atoms with Gasteiger partial charge in [-0.05, 0) is 5.92 Å². The summed E-state index contributed by atoms with van der Waals surface area (Å²) in [7, 11) is 0. The van der Waals surface area contributed by atoms with Crippen LogP contribution in [-0.4, -0.2) is 40.4 Å². The highest BCUT2D eigenvalue weighted by Gasteiger charge is 2.45. The van der Waals surface area contributed by atoms with Gasteiger partial charge in [-0.15, -0.1) is 0 Å². The summed E-state index contributed by atoms with van der Waals surface area (Å²) in [5.41, 5.74) is 5.04. The molecule has 0 unspecified atom stereocenters. The molecule has 0 aromatic heterocycles. The van der Waals surface area contributed by atoms with E-state index in [1.165, 1.54) is 4.90 Å². The van der Waals surface area contributed by atoms with Gasteiger partial charge in [0.15, 0.2) is 0 Å². The fraction of sp³-hybridized carbons (Fsp3) is 0.700. The van der Waals surface area contributed by atoms with Gasteiger partial charge in [-0.25, -0.2) is 0 Å². The van der Waals surface area contributed by atoms with E-state index in [0.29, 0.717) is 0 Å². The van der Waals surface area contributed by atoms with Crippen LogP contribution < -0.4 is 5.73 Å². The first kappa shape index (κ1) is 12.5. The van der Waals surface area contributed by atoms with Crippen molar-refractivity contribution < 1.29 is 19.5 Å². The Morgan fingerprint density at radius 1 is 1.56 bits per heavy atom. The topological polar surface area (TPSA) is 101 Å². The second-order valence-electron chi connectivity index (χ2n) is 4.37. The smallest absolute Gasteiger partial charge is 0.309 e. The van der Waals surface area contributed by atoms with Gasteiger partial charge in [-0.2, -0.15) is 0 Å². The van der Waals surface area contributed by atoms with Gasteiger partial charge >= 0.3 is 5.97 Å². The van der Waals surface area contributed by atoms with Gasteiger partial charge in [0.1, 0.15) is 0 Å². The Bertz CT molecular complexity index is 327. The maximum absolute atomic E-state index is 11.6. The molecule has 90 valence electrons. The van der Waals surface area contributed by atoms with Crippen LogP contribution >= 0.6 is 0 Å². The molecule has 0 saturated carbocycles. The van der Waals surface area contributed by atoms with Gasteiger partial charge in [0, 0.05) is 12.5 Å². The fourth-order valence-electron chi connectivity index (χ4n) is 2.23. The van der Waals surface area contributed by atoms with Crippen molar-refractivity contribution in [3.63, 3.8) is 0 Å². The highest BCUT2D eigenvalue weighted by Crippen LogP contribution is 2.30. The number of amides is 2. The normalized spacial score (nSPS) is 25.2. The molecule has 1 saturated heterocycles. The Morgan fingerprint density at radius 2 is 2.12 bits per heavy atom. The third-order valence-electron chi connectivity index (χ3n) is 2.81. The van der Waals surface area contributed by atoms with Crippen LogP contribution in [0.15, 0.2) is 0 Å². The number of likely N-dealkylation sites (tertiary alicyclic amines) is 1. The number of carbonyl (C=O) groups is 3. The molecular weight excluding hydrogens is 212 g/mol. The summed E-state index contributed by atoms with van der Waals surface area (Å²) < 4.78 is 0. The van der Waals surface area contributed by atoms with E-state index in [2.05, 4.69) is 0 Å². The van der Waals surface area contributed by atoms with Crippen molar-refractivity contribution in [1.29, 1.82) is 0 Å². The molecule has 6 heteroatoms. The monoisotopic (exact) mass is 228 g/mol. The van der Waals surface area contributed by atoms with Crippen LogP contribution in [0.4, 0.5) is 0 Å². The van der Waals surface area contributed by atoms with Crippen molar-refractivity contribution in [2.75, 3.05) is 6.54 Å². The van der Waals surface area contributed by atoms with E-state index in [1.807, 2.05) is 13.8 Å². The van der Waals surface area contributed by atoms with Crippen molar-refractivity contribution in [1.82, 2.24) is 4.90 Å². The number of carboxylic acid groups (broad SMARTS) is 1. The van der Waals surface area contributed by atoms with E-state index in [4.69, 9.17) is 10.8 Å². The number of carbonyl (C=O) groups excluding carboxylic acids is 2. The van der Waals surface area contributed by atoms with E-state index in [1.54, 1.807) is 0 Å². The number of primary amides is 1. The first-order valence-corrected chi connectivity index (χ1v) is 5.15. The molecule has 0 bridgehead atoms. The number of hydrogen-bond acceptors (Lipinski definition) is 3. The Hall–Kier alpha value is -1.59. The van der Waals surface area contributed by atoms with E-state index >= 15 is 0 Å². The molecule has 0 aliphatic carbocycles. The number of rotatable bonds is 4. The first-order chi connectivity index (χ1) is 7.34. The minimum atomic E-state index is -1.00. The zero-order valence-corrected chi connectivity index (χ0v) is 9.34. The average molecular weight is 228 g/mol. The molecular formula is C10H16N2O4. The summed E-state index contributed by atoms with van der Waals surface area (Å²) in [5.74, 6) is -2.70. The third-order valence-corrected chi connectivity index (χ3v) is 2.81. The van der Waals surface area contributed by atoms with Gasteiger partial charge < -0.3 is 15.7 Å². The van der Waals surface area contributed by atoms with Gasteiger partial charge in [-0.1, -0.05) is 13.8 Å². The van der Waals surface area contributed by atoms with Gasteiger partial charge in [0.25, 0.3) is 0 Å². The molecule has 0 radical (unpaired) electrons. The van der Waals surface area contributed by atoms with Crippen LogP contribution in [0, 0.1) is 11.8 Å². The van der Waals surface area contributed by atoms with E-state index < -0.39 is 23.8 Å². The second-order valence-corrected chi connectivity index (χ2v) is 4.37. The van der Waals surface area contributed by atoms with Crippen LogP contribution in [0.25, 0.3) is 0 Å². The Kier molecular flexibility index (Phi) is 3.51. The summed E-state index contributed by atoms with van der Waals surface area (Å²) >= 11 is 0. The van der Waals surface area contributed by atoms with E-state index in [-0.39, 0.29) is 24.8 Å². The van der Waals surface area contributed by atoms with Crippen LogP contribution in [0.2, 0.25) is 0 Å². The predicted molar refractivity (Wildman–Crippen MR) is 55.3 cm³/mol. The van der Waals surface area contributed by atoms with Crippen LogP contribution in [0.1, 0.15) is 20.3 Å². The molecule has 2 amide bonds. The number of hydrogen-bond donors (Lipinski definition) is 2. The molecule has 6 nitrogen and oxygen atoms in total. The van der Waals surface area contributed by atoms with Crippen molar-refractivity contribution in [3.8, 4) is 0 Å². The molecule has 1 fully saturated rings. The standard InChI is InChI=1S/C10H16N2O4/c1-5(2)9-6(10(15)16)3-8(14)12(9)4-7(11)13/h5-6,9H,3-4H2,1-2H3,(H2,11,13)(H,15,16)/t6-,9+/m0/s1. The Morgan fingerprint density at radius 3 is 2.50 bits per heavy atom. The molecule has 1 rings (SSSR count). The first-order valence-electron chi connectivity index (χ1n) is 5.15. The lowest BCUT2D eigenvalue weighted by Crippen LogP contribution is -2.45. The van der Waals surface area contributed by atoms with E-state index in [0.717, 1.165) is 0 Å². The van der Waals surface area contributed by atoms with Crippen molar-refractivity contribution in [2.45, 2.75) is 26.3 Å². The van der Waals surface area contributed by atoms with Crippen LogP contribution in [0.3, 0.4) is 0 Å². The molecule has 0 spiro atoms. The maximum Gasteiger partial charge on any atom is 0.309 e. The number of aliphatic carboxylic acids is 1. The fourth-order valence-corrected chi connectivity index (χ4v) is 2.23. The molecule has 16 heavy (non-hydrogen) atoms. The summed E-state index contributed by atoms with van der Waals surface area (Å²) in [4.78, 5) is 34.7. The summed E-state index contributed by atoms with van der Waals surface area (Å²) in [6.07, 6.45) is -0.0501. The highest BCUT2D eigenvalue weighted by atomic mass is 16.4. The van der Waals surface area contributed by atoms with Gasteiger partial charge in [0.05, 0.1) is 12.5 Å².